The highest BCUT2D eigenvalue weighted by atomic mass is 14.5. The van der Waals surface area contributed by atoms with E-state index in [1.54, 1.807) is 51.4 Å². The van der Waals surface area contributed by atoms with E-state index >= 15 is 0 Å². The van der Waals surface area contributed by atoms with Crippen LogP contribution in [0.1, 0.15) is 78.1 Å². The molecule has 0 aromatic carbocycles. The molecule has 3 fully saturated rings. The van der Waals surface area contributed by atoms with Crippen molar-refractivity contribution in [3.63, 3.8) is 0 Å². The number of rotatable bonds is 2. The first-order valence-electron chi connectivity index (χ1n) is 8.81. The van der Waals surface area contributed by atoms with Gasteiger partial charge >= 0.3 is 0 Å². The van der Waals surface area contributed by atoms with E-state index in [2.05, 4.69) is 13.8 Å². The van der Waals surface area contributed by atoms with Gasteiger partial charge in [-0.1, -0.05) is 39.5 Å². The van der Waals surface area contributed by atoms with Gasteiger partial charge in [-0.25, -0.2) is 0 Å². The number of fused-ring (bicyclic) bond motifs is 3. The number of hydrogen-bond acceptors (Lipinski definition) is 0. The van der Waals surface area contributed by atoms with Crippen LogP contribution in [0.2, 0.25) is 0 Å². The summed E-state index contributed by atoms with van der Waals surface area (Å²) >= 11 is 0. The first-order chi connectivity index (χ1) is 8.81. The smallest absolute Gasteiger partial charge is 0.0355 e. The zero-order valence-corrected chi connectivity index (χ0v) is 12.5. The summed E-state index contributed by atoms with van der Waals surface area (Å²) in [7, 11) is 0. The second-order valence-electron chi connectivity index (χ2n) is 7.60. The standard InChI is InChI=1S/C18H32/c1-3-13-5-9-17-15(11-13)7-8-16-12-14(4-2)6-10-18(16)17/h13-18H,3-12H2,1-2H3/t13-,14-,15?,16?,17?,18?/m0/s1. The lowest BCUT2D eigenvalue weighted by Crippen LogP contribution is -2.41. The van der Waals surface area contributed by atoms with Crippen LogP contribution in [-0.4, -0.2) is 0 Å². The molecular formula is C18H32. The van der Waals surface area contributed by atoms with Crippen molar-refractivity contribution in [1.29, 1.82) is 0 Å². The highest BCUT2D eigenvalue weighted by molar-refractivity contribution is 4.94. The summed E-state index contributed by atoms with van der Waals surface area (Å²) in [6.45, 7) is 4.81. The molecule has 6 atom stereocenters. The molecule has 0 heteroatoms. The third-order valence-corrected chi connectivity index (χ3v) is 6.91. The van der Waals surface area contributed by atoms with Gasteiger partial charge in [0.05, 0.1) is 0 Å². The van der Waals surface area contributed by atoms with E-state index in [0.29, 0.717) is 0 Å². The Morgan fingerprint density at radius 2 is 1.06 bits per heavy atom. The van der Waals surface area contributed by atoms with Crippen LogP contribution < -0.4 is 0 Å². The largest absolute Gasteiger partial charge is 0.0651 e. The Labute approximate surface area is 114 Å². The van der Waals surface area contributed by atoms with Crippen molar-refractivity contribution in [2.24, 2.45) is 35.5 Å². The predicted octanol–water partition coefficient (Wildman–Crippen LogP) is 5.67. The van der Waals surface area contributed by atoms with Gasteiger partial charge in [0.1, 0.15) is 0 Å². The van der Waals surface area contributed by atoms with Crippen molar-refractivity contribution in [2.75, 3.05) is 0 Å². The van der Waals surface area contributed by atoms with Crippen LogP contribution in [-0.2, 0) is 0 Å². The maximum Gasteiger partial charge on any atom is -0.0355 e. The lowest BCUT2D eigenvalue weighted by molar-refractivity contribution is -0.00282. The molecular weight excluding hydrogens is 216 g/mol. The average molecular weight is 248 g/mol. The third-order valence-electron chi connectivity index (χ3n) is 6.91. The average Bonchev–Trinajstić information content (AvgIpc) is 2.45. The van der Waals surface area contributed by atoms with Gasteiger partial charge in [-0.05, 0) is 74.0 Å². The fourth-order valence-electron chi connectivity index (χ4n) is 5.73. The Hall–Kier alpha value is 0. The molecule has 18 heavy (non-hydrogen) atoms. The summed E-state index contributed by atoms with van der Waals surface area (Å²) in [5.74, 6) is 6.70. The minimum absolute atomic E-state index is 1.08. The van der Waals surface area contributed by atoms with Crippen molar-refractivity contribution >= 4 is 0 Å². The zero-order valence-electron chi connectivity index (χ0n) is 12.5. The highest BCUT2D eigenvalue weighted by Gasteiger charge is 2.43. The molecule has 0 spiro atoms. The minimum Gasteiger partial charge on any atom is -0.0651 e. The molecule has 0 aromatic heterocycles. The zero-order chi connectivity index (χ0) is 12.5. The molecule has 3 saturated carbocycles. The second kappa shape index (κ2) is 5.55. The fourth-order valence-corrected chi connectivity index (χ4v) is 5.73. The molecule has 3 aliphatic carbocycles. The van der Waals surface area contributed by atoms with E-state index in [4.69, 9.17) is 0 Å². The quantitative estimate of drug-likeness (QED) is 0.591. The topological polar surface area (TPSA) is 0 Å². The van der Waals surface area contributed by atoms with Crippen LogP contribution in [0.3, 0.4) is 0 Å². The molecule has 3 rings (SSSR count). The molecule has 0 aliphatic heterocycles. The summed E-state index contributed by atoms with van der Waals surface area (Å²) in [5, 5.41) is 0. The molecule has 0 heterocycles. The first kappa shape index (κ1) is 13.0. The monoisotopic (exact) mass is 248 g/mol. The van der Waals surface area contributed by atoms with E-state index < -0.39 is 0 Å². The molecule has 0 radical (unpaired) electrons. The Morgan fingerprint density at radius 1 is 0.611 bits per heavy atom. The van der Waals surface area contributed by atoms with E-state index in [0.717, 1.165) is 35.5 Å². The Bertz CT molecular complexity index is 241. The second-order valence-corrected chi connectivity index (χ2v) is 7.60. The molecule has 0 bridgehead atoms. The number of hydrogen-bond donors (Lipinski definition) is 0. The van der Waals surface area contributed by atoms with Crippen LogP contribution in [0, 0.1) is 35.5 Å². The molecule has 0 N–H and O–H groups in total. The first-order valence-corrected chi connectivity index (χ1v) is 8.81. The van der Waals surface area contributed by atoms with Crippen molar-refractivity contribution in [2.45, 2.75) is 78.1 Å². The maximum absolute atomic E-state index is 2.41. The van der Waals surface area contributed by atoms with Gasteiger partial charge in [-0.15, -0.1) is 0 Å². The van der Waals surface area contributed by atoms with Crippen molar-refractivity contribution < 1.29 is 0 Å². The van der Waals surface area contributed by atoms with Crippen LogP contribution in [0.5, 0.6) is 0 Å². The van der Waals surface area contributed by atoms with Gasteiger partial charge in [0.15, 0.2) is 0 Å². The molecule has 3 aliphatic rings. The normalized spacial score (nSPS) is 48.3. The van der Waals surface area contributed by atoms with E-state index in [1.165, 1.54) is 12.8 Å². The van der Waals surface area contributed by atoms with Crippen LogP contribution in [0.4, 0.5) is 0 Å². The fraction of sp³-hybridized carbons (Fsp3) is 1.00. The molecule has 104 valence electrons. The predicted molar refractivity (Wildman–Crippen MR) is 78.5 cm³/mol. The summed E-state index contributed by atoms with van der Waals surface area (Å²) in [4.78, 5) is 0. The van der Waals surface area contributed by atoms with Gasteiger partial charge in [0.2, 0.25) is 0 Å². The minimum atomic E-state index is 1.08. The van der Waals surface area contributed by atoms with Crippen LogP contribution in [0.15, 0.2) is 0 Å². The van der Waals surface area contributed by atoms with Gasteiger partial charge in [0.25, 0.3) is 0 Å². The van der Waals surface area contributed by atoms with Gasteiger partial charge in [0, 0.05) is 0 Å². The lowest BCUT2D eigenvalue weighted by Gasteiger charge is -2.50. The van der Waals surface area contributed by atoms with E-state index in [9.17, 15) is 0 Å². The molecule has 0 nitrogen and oxygen atoms in total. The third kappa shape index (κ3) is 2.37. The van der Waals surface area contributed by atoms with Crippen molar-refractivity contribution in [1.82, 2.24) is 0 Å². The Balaban J connectivity index is 1.64. The lowest BCUT2D eigenvalue weighted by atomic mass is 9.55. The summed E-state index contributed by atoms with van der Waals surface area (Å²) in [6, 6.07) is 0. The van der Waals surface area contributed by atoms with Gasteiger partial charge in [-0.2, -0.15) is 0 Å². The van der Waals surface area contributed by atoms with Gasteiger partial charge < -0.3 is 0 Å². The Kier molecular flexibility index (Phi) is 4.01. The van der Waals surface area contributed by atoms with Gasteiger partial charge in [-0.3, -0.25) is 0 Å². The van der Waals surface area contributed by atoms with Crippen molar-refractivity contribution in [3.05, 3.63) is 0 Å². The highest BCUT2D eigenvalue weighted by Crippen LogP contribution is 2.53. The molecule has 0 saturated heterocycles. The molecule has 0 amide bonds. The van der Waals surface area contributed by atoms with Crippen LogP contribution >= 0.6 is 0 Å². The Morgan fingerprint density at radius 3 is 1.44 bits per heavy atom. The maximum atomic E-state index is 2.41. The van der Waals surface area contributed by atoms with Crippen LogP contribution in [0.25, 0.3) is 0 Å². The molecule has 4 unspecified atom stereocenters. The van der Waals surface area contributed by atoms with E-state index in [-0.39, 0.29) is 0 Å². The van der Waals surface area contributed by atoms with Crippen molar-refractivity contribution in [3.8, 4) is 0 Å². The summed E-state index contributed by atoms with van der Waals surface area (Å²) in [6.07, 6.45) is 15.5. The summed E-state index contributed by atoms with van der Waals surface area (Å²) in [5.41, 5.74) is 0. The van der Waals surface area contributed by atoms with E-state index in [1.807, 2.05) is 0 Å². The molecule has 0 aromatic rings. The summed E-state index contributed by atoms with van der Waals surface area (Å²) < 4.78 is 0. The SMILES string of the molecule is CC[C@H]1CCC2C(CCC3C[C@@H](CC)CCC32)C1.